The second-order valence-corrected chi connectivity index (χ2v) is 10.3. The van der Waals surface area contributed by atoms with Crippen LogP contribution < -0.4 is 5.73 Å². The van der Waals surface area contributed by atoms with Crippen LogP contribution in [0.2, 0.25) is 0 Å². The van der Waals surface area contributed by atoms with Crippen LogP contribution in [0.25, 0.3) is 0 Å². The van der Waals surface area contributed by atoms with Crippen molar-refractivity contribution < 1.29 is 16.8 Å². The van der Waals surface area contributed by atoms with E-state index in [2.05, 4.69) is 15.9 Å². The van der Waals surface area contributed by atoms with E-state index in [-0.39, 0.29) is 16.4 Å². The highest BCUT2D eigenvalue weighted by atomic mass is 79.9. The molecule has 1 atom stereocenters. The number of benzene rings is 1. The van der Waals surface area contributed by atoms with E-state index >= 15 is 0 Å². The fourth-order valence-electron chi connectivity index (χ4n) is 2.36. The van der Waals surface area contributed by atoms with Gasteiger partial charge in [-0.2, -0.15) is 4.31 Å². The van der Waals surface area contributed by atoms with Crippen molar-refractivity contribution in [1.29, 1.82) is 0 Å². The van der Waals surface area contributed by atoms with E-state index in [1.807, 2.05) is 0 Å². The number of aryl methyl sites for hydroxylation is 1. The van der Waals surface area contributed by atoms with E-state index in [4.69, 9.17) is 5.73 Å². The number of sulfonamides is 1. The van der Waals surface area contributed by atoms with Crippen molar-refractivity contribution in [2.45, 2.75) is 24.3 Å². The lowest BCUT2D eigenvalue weighted by Gasteiger charge is -2.24. The van der Waals surface area contributed by atoms with Gasteiger partial charge >= 0.3 is 0 Å². The van der Waals surface area contributed by atoms with Crippen molar-refractivity contribution in [3.63, 3.8) is 0 Å². The quantitative estimate of drug-likeness (QED) is 0.772. The highest BCUT2D eigenvalue weighted by molar-refractivity contribution is 9.10. The molecule has 0 aromatic heterocycles. The van der Waals surface area contributed by atoms with Crippen LogP contribution >= 0.6 is 15.9 Å². The number of rotatable bonds is 3. The smallest absolute Gasteiger partial charge is 0.243 e. The molecule has 1 aliphatic rings. The zero-order chi connectivity index (χ0) is 16.0. The van der Waals surface area contributed by atoms with Gasteiger partial charge in [-0.1, -0.05) is 0 Å². The van der Waals surface area contributed by atoms with E-state index < -0.39 is 25.9 Å². The van der Waals surface area contributed by atoms with Crippen molar-refractivity contribution in [1.82, 2.24) is 4.31 Å². The Balaban J connectivity index is 2.41. The predicted octanol–water partition coefficient (Wildman–Crippen LogP) is 1.15. The summed E-state index contributed by atoms with van der Waals surface area (Å²) in [7, 11) is -5.51. The maximum atomic E-state index is 12.7. The van der Waals surface area contributed by atoms with E-state index in [9.17, 15) is 16.8 Å². The fourth-order valence-corrected chi connectivity index (χ4v) is 6.31. The molecule has 1 heterocycles. The molecule has 0 spiro atoms. The molecule has 2 N–H and O–H groups in total. The van der Waals surface area contributed by atoms with Crippen LogP contribution in [0.15, 0.2) is 21.5 Å². The summed E-state index contributed by atoms with van der Waals surface area (Å²) in [6, 6.07) is 2.51. The standard InChI is InChI=1S/C12H17BrN2O4S2/c1-8-5-10(13)11(14)6-12(8)21(18,19)15(2)9-3-4-20(16,17)7-9/h5-6,9H,3-4,7,14H2,1-2H3. The first kappa shape index (κ1) is 16.7. The van der Waals surface area contributed by atoms with Crippen molar-refractivity contribution in [2.24, 2.45) is 0 Å². The molecule has 0 amide bonds. The Labute approximate surface area is 133 Å². The highest BCUT2D eigenvalue weighted by Crippen LogP contribution is 2.30. The van der Waals surface area contributed by atoms with E-state index in [0.29, 0.717) is 22.1 Å². The zero-order valence-corrected chi connectivity index (χ0v) is 14.9. The number of hydrogen-bond acceptors (Lipinski definition) is 5. The molecule has 0 aliphatic carbocycles. The summed E-state index contributed by atoms with van der Waals surface area (Å²) < 4.78 is 50.2. The molecule has 1 unspecified atom stereocenters. The molecule has 1 fully saturated rings. The van der Waals surface area contributed by atoms with Crippen molar-refractivity contribution >= 4 is 41.5 Å². The summed E-state index contributed by atoms with van der Waals surface area (Å²) in [4.78, 5) is 0.106. The van der Waals surface area contributed by atoms with E-state index in [1.165, 1.54) is 13.1 Å². The second-order valence-electron chi connectivity index (χ2n) is 5.22. The number of sulfone groups is 1. The Morgan fingerprint density at radius 2 is 2.00 bits per heavy atom. The summed E-state index contributed by atoms with van der Waals surface area (Å²) in [5.41, 5.74) is 6.64. The predicted molar refractivity (Wildman–Crippen MR) is 85.3 cm³/mol. The lowest BCUT2D eigenvalue weighted by molar-refractivity contribution is 0.393. The van der Waals surface area contributed by atoms with Gasteiger partial charge < -0.3 is 5.73 Å². The number of hydrogen-bond donors (Lipinski definition) is 1. The second kappa shape index (κ2) is 5.53. The van der Waals surface area contributed by atoms with Crippen molar-refractivity contribution in [3.05, 3.63) is 22.2 Å². The molecule has 2 rings (SSSR count). The molecular formula is C12H17BrN2O4S2. The number of nitrogens with two attached hydrogens (primary N) is 1. The maximum absolute atomic E-state index is 12.7. The van der Waals surface area contributed by atoms with Crippen molar-refractivity contribution in [2.75, 3.05) is 24.3 Å². The van der Waals surface area contributed by atoms with Crippen LogP contribution in [0.3, 0.4) is 0 Å². The van der Waals surface area contributed by atoms with Crippen LogP contribution in [0, 0.1) is 6.92 Å². The first-order chi connectivity index (χ1) is 9.54. The van der Waals surface area contributed by atoms with Gasteiger partial charge in [-0.15, -0.1) is 0 Å². The molecular weight excluding hydrogens is 380 g/mol. The van der Waals surface area contributed by atoms with Crippen LogP contribution in [-0.2, 0) is 19.9 Å². The summed E-state index contributed by atoms with van der Waals surface area (Å²) in [6.07, 6.45) is 0.323. The molecule has 118 valence electrons. The van der Waals surface area contributed by atoms with Gasteiger partial charge in [-0.3, -0.25) is 0 Å². The number of anilines is 1. The minimum Gasteiger partial charge on any atom is -0.398 e. The summed E-state index contributed by atoms with van der Waals surface area (Å²) in [6.45, 7) is 1.68. The molecule has 0 saturated carbocycles. The van der Waals surface area contributed by atoms with Gasteiger partial charge in [0.05, 0.1) is 16.4 Å². The average Bonchev–Trinajstić information content (AvgIpc) is 2.73. The van der Waals surface area contributed by atoms with Crippen LogP contribution in [-0.4, -0.2) is 45.7 Å². The molecule has 6 nitrogen and oxygen atoms in total. The topological polar surface area (TPSA) is 97.5 Å². The minimum atomic E-state index is -3.77. The lowest BCUT2D eigenvalue weighted by Crippen LogP contribution is -2.38. The van der Waals surface area contributed by atoms with Gasteiger partial charge in [0.25, 0.3) is 0 Å². The molecule has 21 heavy (non-hydrogen) atoms. The molecule has 1 aliphatic heterocycles. The summed E-state index contributed by atoms with van der Waals surface area (Å²) in [5, 5.41) is 0. The molecule has 0 radical (unpaired) electrons. The van der Waals surface area contributed by atoms with Gasteiger partial charge in [0.2, 0.25) is 10.0 Å². The molecule has 1 aromatic rings. The monoisotopic (exact) mass is 396 g/mol. The average molecular weight is 397 g/mol. The third-order valence-electron chi connectivity index (χ3n) is 3.67. The Kier molecular flexibility index (Phi) is 4.40. The maximum Gasteiger partial charge on any atom is 0.243 e. The third-order valence-corrected chi connectivity index (χ3v) is 8.16. The molecule has 1 saturated heterocycles. The summed E-state index contributed by atoms with van der Waals surface area (Å²) >= 11 is 3.25. The van der Waals surface area contributed by atoms with Crippen LogP contribution in [0.1, 0.15) is 12.0 Å². The number of nitrogen functional groups attached to an aromatic ring is 1. The van der Waals surface area contributed by atoms with Crippen LogP contribution in [0.5, 0.6) is 0 Å². The van der Waals surface area contributed by atoms with Gasteiger partial charge in [-0.25, -0.2) is 16.8 Å². The minimum absolute atomic E-state index is 0.0268. The highest BCUT2D eigenvalue weighted by Gasteiger charge is 2.37. The first-order valence-corrected chi connectivity index (χ1v) is 10.3. The Bertz CT molecular complexity index is 775. The Morgan fingerprint density at radius 3 is 2.52 bits per heavy atom. The fraction of sp³-hybridized carbons (Fsp3) is 0.500. The SMILES string of the molecule is Cc1cc(Br)c(N)cc1S(=O)(=O)N(C)C1CCS(=O)(=O)C1. The van der Waals surface area contributed by atoms with Gasteiger partial charge in [0, 0.05) is 23.2 Å². The first-order valence-electron chi connectivity index (χ1n) is 6.28. The number of nitrogens with zero attached hydrogens (tertiary/aromatic N) is 1. The van der Waals surface area contributed by atoms with Gasteiger partial charge in [0.15, 0.2) is 9.84 Å². The zero-order valence-electron chi connectivity index (χ0n) is 11.7. The van der Waals surface area contributed by atoms with E-state index in [1.54, 1.807) is 13.0 Å². The third kappa shape index (κ3) is 3.25. The molecule has 1 aromatic carbocycles. The summed E-state index contributed by atoms with van der Waals surface area (Å²) in [5.74, 6) is -0.104. The molecule has 9 heteroatoms. The van der Waals surface area contributed by atoms with Crippen molar-refractivity contribution in [3.8, 4) is 0 Å². The van der Waals surface area contributed by atoms with Gasteiger partial charge in [-0.05, 0) is 47.0 Å². The lowest BCUT2D eigenvalue weighted by atomic mass is 10.2. The Morgan fingerprint density at radius 1 is 1.38 bits per heavy atom. The molecule has 0 bridgehead atoms. The largest absolute Gasteiger partial charge is 0.398 e. The van der Waals surface area contributed by atoms with E-state index in [0.717, 1.165) is 4.31 Å². The van der Waals surface area contributed by atoms with Crippen LogP contribution in [0.4, 0.5) is 5.69 Å². The Hall–Kier alpha value is -0.640. The van der Waals surface area contributed by atoms with Gasteiger partial charge in [0.1, 0.15) is 0 Å². The normalized spacial score (nSPS) is 21.8. The number of halogens is 1.